The SMILES string of the molecule is CNCCC=C1c2cc(C(C)(C)C(=O)O)ccc2OCc2ccsc21. The summed E-state index contributed by atoms with van der Waals surface area (Å²) in [6, 6.07) is 7.83. The highest BCUT2D eigenvalue weighted by atomic mass is 32.1. The van der Waals surface area contributed by atoms with Gasteiger partial charge in [0.2, 0.25) is 0 Å². The van der Waals surface area contributed by atoms with Gasteiger partial charge in [-0.1, -0.05) is 12.1 Å². The number of fused-ring (bicyclic) bond motifs is 2. The highest BCUT2D eigenvalue weighted by Gasteiger charge is 2.31. The number of benzene rings is 1. The maximum absolute atomic E-state index is 11.7. The minimum atomic E-state index is -0.949. The second-order valence-corrected chi connectivity index (χ2v) is 7.63. The minimum absolute atomic E-state index is 0.539. The number of carboxylic acid groups (broad SMARTS) is 1. The Morgan fingerprint density at radius 2 is 2.20 bits per heavy atom. The normalized spacial score (nSPS) is 15.2. The second kappa shape index (κ2) is 7.02. The summed E-state index contributed by atoms with van der Waals surface area (Å²) < 4.78 is 6.00. The summed E-state index contributed by atoms with van der Waals surface area (Å²) in [7, 11) is 1.94. The predicted molar refractivity (Wildman–Crippen MR) is 101 cm³/mol. The molecule has 1 aromatic carbocycles. The van der Waals surface area contributed by atoms with Gasteiger partial charge in [-0.3, -0.25) is 4.79 Å². The molecule has 0 unspecified atom stereocenters. The number of ether oxygens (including phenoxy) is 1. The largest absolute Gasteiger partial charge is 0.488 e. The summed E-state index contributed by atoms with van der Waals surface area (Å²) in [4.78, 5) is 12.9. The molecule has 0 saturated heterocycles. The lowest BCUT2D eigenvalue weighted by Gasteiger charge is -2.21. The van der Waals surface area contributed by atoms with Crippen LogP contribution in [0.1, 0.15) is 41.8 Å². The van der Waals surface area contributed by atoms with Gasteiger partial charge in [0.1, 0.15) is 12.4 Å². The van der Waals surface area contributed by atoms with E-state index in [1.807, 2.05) is 25.2 Å². The van der Waals surface area contributed by atoms with Crippen molar-refractivity contribution >= 4 is 22.9 Å². The van der Waals surface area contributed by atoms with Gasteiger partial charge in [-0.2, -0.15) is 0 Å². The summed E-state index contributed by atoms with van der Waals surface area (Å²) >= 11 is 1.70. The van der Waals surface area contributed by atoms with Gasteiger partial charge in [0.15, 0.2) is 0 Å². The Balaban J connectivity index is 2.14. The Morgan fingerprint density at radius 3 is 2.92 bits per heavy atom. The number of carbonyl (C=O) groups is 1. The van der Waals surface area contributed by atoms with Crippen LogP contribution in [0, 0.1) is 0 Å². The third-order valence-corrected chi connectivity index (χ3v) is 5.63. The zero-order chi connectivity index (χ0) is 18.0. The Hall–Kier alpha value is -2.11. The van der Waals surface area contributed by atoms with Gasteiger partial charge in [-0.15, -0.1) is 11.3 Å². The number of nitrogens with one attached hydrogen (secondary N) is 1. The predicted octanol–water partition coefficient (Wildman–Crippen LogP) is 4.04. The monoisotopic (exact) mass is 357 g/mol. The van der Waals surface area contributed by atoms with Crippen molar-refractivity contribution in [1.82, 2.24) is 5.32 Å². The first-order chi connectivity index (χ1) is 11.9. The topological polar surface area (TPSA) is 58.6 Å². The van der Waals surface area contributed by atoms with Crippen LogP contribution in [0.5, 0.6) is 5.75 Å². The number of aliphatic carboxylic acids is 1. The Kier molecular flexibility index (Phi) is 4.97. The van der Waals surface area contributed by atoms with Crippen molar-refractivity contribution in [3.8, 4) is 5.75 Å². The van der Waals surface area contributed by atoms with Crippen LogP contribution in [0.3, 0.4) is 0 Å². The van der Waals surface area contributed by atoms with E-state index in [9.17, 15) is 9.90 Å². The molecule has 0 fully saturated rings. The summed E-state index contributed by atoms with van der Waals surface area (Å²) in [6.45, 7) is 4.89. The molecule has 132 valence electrons. The van der Waals surface area contributed by atoms with Crippen molar-refractivity contribution in [2.24, 2.45) is 0 Å². The fraction of sp³-hybridized carbons (Fsp3) is 0.350. The van der Waals surface area contributed by atoms with Crippen LogP contribution in [0.4, 0.5) is 0 Å². The molecule has 2 aromatic rings. The van der Waals surface area contributed by atoms with E-state index in [1.165, 1.54) is 10.4 Å². The average Bonchev–Trinajstić information content (AvgIpc) is 2.99. The lowest BCUT2D eigenvalue weighted by molar-refractivity contribution is -0.142. The fourth-order valence-electron chi connectivity index (χ4n) is 2.91. The molecule has 25 heavy (non-hydrogen) atoms. The smallest absolute Gasteiger partial charge is 0.313 e. The molecule has 4 nitrogen and oxygen atoms in total. The van der Waals surface area contributed by atoms with Crippen LogP contribution in [-0.4, -0.2) is 24.7 Å². The van der Waals surface area contributed by atoms with E-state index >= 15 is 0 Å². The third kappa shape index (κ3) is 3.34. The van der Waals surface area contributed by atoms with Gasteiger partial charge >= 0.3 is 5.97 Å². The number of thiophene rings is 1. The van der Waals surface area contributed by atoms with Crippen molar-refractivity contribution in [1.29, 1.82) is 0 Å². The first kappa shape index (κ1) is 17.7. The third-order valence-electron chi connectivity index (χ3n) is 4.64. The van der Waals surface area contributed by atoms with Crippen LogP contribution in [-0.2, 0) is 16.8 Å². The molecule has 1 aliphatic rings. The van der Waals surface area contributed by atoms with E-state index < -0.39 is 11.4 Å². The molecule has 0 spiro atoms. The molecule has 0 saturated carbocycles. The molecule has 0 bridgehead atoms. The Labute approximate surface area is 152 Å². The lowest BCUT2D eigenvalue weighted by atomic mass is 9.83. The van der Waals surface area contributed by atoms with Crippen molar-refractivity contribution in [2.45, 2.75) is 32.3 Å². The number of carboxylic acids is 1. The van der Waals surface area contributed by atoms with Gasteiger partial charge in [-0.25, -0.2) is 0 Å². The maximum atomic E-state index is 11.7. The van der Waals surface area contributed by atoms with Crippen LogP contribution >= 0.6 is 11.3 Å². The first-order valence-electron chi connectivity index (χ1n) is 8.37. The molecule has 0 radical (unpaired) electrons. The van der Waals surface area contributed by atoms with E-state index in [1.54, 1.807) is 25.2 Å². The van der Waals surface area contributed by atoms with Gasteiger partial charge in [-0.05, 0) is 68.6 Å². The van der Waals surface area contributed by atoms with Crippen molar-refractivity contribution < 1.29 is 14.6 Å². The zero-order valence-corrected chi connectivity index (χ0v) is 15.6. The molecule has 0 amide bonds. The summed E-state index contributed by atoms with van der Waals surface area (Å²) in [5.41, 5.74) is 3.12. The average molecular weight is 357 g/mol. The van der Waals surface area contributed by atoms with E-state index in [0.717, 1.165) is 35.4 Å². The number of hydrogen-bond donors (Lipinski definition) is 2. The van der Waals surface area contributed by atoms with Crippen LogP contribution < -0.4 is 10.1 Å². The Morgan fingerprint density at radius 1 is 1.40 bits per heavy atom. The molecule has 0 aliphatic carbocycles. The van der Waals surface area contributed by atoms with E-state index in [2.05, 4.69) is 22.8 Å². The first-order valence-corrected chi connectivity index (χ1v) is 9.25. The zero-order valence-electron chi connectivity index (χ0n) is 14.8. The molecular formula is C20H23NO3S. The van der Waals surface area contributed by atoms with Crippen LogP contribution in [0.2, 0.25) is 0 Å². The van der Waals surface area contributed by atoms with Crippen LogP contribution in [0.25, 0.3) is 5.57 Å². The van der Waals surface area contributed by atoms with E-state index in [4.69, 9.17) is 4.74 Å². The van der Waals surface area contributed by atoms with Gasteiger partial charge in [0.05, 0.1) is 5.41 Å². The van der Waals surface area contributed by atoms with Gasteiger partial charge < -0.3 is 15.2 Å². The van der Waals surface area contributed by atoms with E-state index in [0.29, 0.717) is 6.61 Å². The summed E-state index contributed by atoms with van der Waals surface area (Å²) in [6.07, 6.45) is 3.12. The summed E-state index contributed by atoms with van der Waals surface area (Å²) in [5.74, 6) is -0.0245. The molecule has 5 heteroatoms. The number of hydrogen-bond acceptors (Lipinski definition) is 4. The Bertz CT molecular complexity index is 820. The molecule has 2 N–H and O–H groups in total. The molecule has 1 aliphatic heterocycles. The van der Waals surface area contributed by atoms with Crippen molar-refractivity contribution in [3.63, 3.8) is 0 Å². The molecule has 3 rings (SSSR count). The lowest BCUT2D eigenvalue weighted by Crippen LogP contribution is -2.28. The fourth-order valence-corrected chi connectivity index (χ4v) is 3.87. The molecular weight excluding hydrogens is 334 g/mol. The highest BCUT2D eigenvalue weighted by molar-refractivity contribution is 7.11. The van der Waals surface area contributed by atoms with Crippen LogP contribution in [0.15, 0.2) is 35.7 Å². The molecule has 0 atom stereocenters. The number of rotatable bonds is 5. The quantitative estimate of drug-likeness (QED) is 0.793. The highest BCUT2D eigenvalue weighted by Crippen LogP contribution is 2.41. The van der Waals surface area contributed by atoms with E-state index in [-0.39, 0.29) is 0 Å². The minimum Gasteiger partial charge on any atom is -0.488 e. The maximum Gasteiger partial charge on any atom is 0.313 e. The van der Waals surface area contributed by atoms with Gasteiger partial charge in [0.25, 0.3) is 0 Å². The standard InChI is InChI=1S/C20H23NO3S/c1-20(2,19(22)23)14-6-7-17-16(11-14)15(5-4-9-21-3)18-13(12-24-17)8-10-25-18/h5-8,10-11,21H,4,9,12H2,1-3H3,(H,22,23). The molecule has 1 aromatic heterocycles. The van der Waals surface area contributed by atoms with Crippen molar-refractivity contribution in [2.75, 3.05) is 13.6 Å². The van der Waals surface area contributed by atoms with Crippen molar-refractivity contribution in [3.05, 3.63) is 57.3 Å². The van der Waals surface area contributed by atoms with Gasteiger partial charge in [0, 0.05) is 16.0 Å². The summed E-state index contributed by atoms with van der Waals surface area (Å²) in [5, 5.41) is 14.8. The second-order valence-electron chi connectivity index (χ2n) is 6.71. The molecule has 2 heterocycles.